The van der Waals surface area contributed by atoms with E-state index in [1.165, 1.54) is 0 Å². The Balaban J connectivity index is 4.12. The van der Waals surface area contributed by atoms with Gasteiger partial charge in [-0.25, -0.2) is 0 Å². The first-order chi connectivity index (χ1) is 6.88. The SMILES string of the molecule is CC(C)CC(CN)CC(=O)N(C)C(C)C. The van der Waals surface area contributed by atoms with Crippen LogP contribution in [0.25, 0.3) is 0 Å². The molecule has 90 valence electrons. The Morgan fingerprint density at radius 2 is 1.80 bits per heavy atom. The number of carbonyl (C=O) groups is 1. The number of nitrogens with zero attached hydrogens (tertiary/aromatic N) is 1. The molecule has 0 saturated carbocycles. The second kappa shape index (κ2) is 6.83. The molecule has 1 unspecified atom stereocenters. The number of nitrogens with two attached hydrogens (primary N) is 1. The van der Waals surface area contributed by atoms with Gasteiger partial charge in [-0.05, 0) is 38.6 Å². The minimum absolute atomic E-state index is 0.209. The van der Waals surface area contributed by atoms with Crippen molar-refractivity contribution in [1.82, 2.24) is 4.90 Å². The zero-order chi connectivity index (χ0) is 12.0. The largest absolute Gasteiger partial charge is 0.343 e. The normalized spacial score (nSPS) is 13.3. The first-order valence-corrected chi connectivity index (χ1v) is 5.84. The topological polar surface area (TPSA) is 46.3 Å². The smallest absolute Gasteiger partial charge is 0.222 e. The van der Waals surface area contributed by atoms with Gasteiger partial charge in [0.05, 0.1) is 0 Å². The van der Waals surface area contributed by atoms with Gasteiger partial charge in [-0.2, -0.15) is 0 Å². The average Bonchev–Trinajstić information content (AvgIpc) is 2.14. The van der Waals surface area contributed by atoms with Gasteiger partial charge in [-0.3, -0.25) is 4.79 Å². The highest BCUT2D eigenvalue weighted by atomic mass is 16.2. The molecular weight excluding hydrogens is 188 g/mol. The Morgan fingerprint density at radius 3 is 2.13 bits per heavy atom. The second-order valence-electron chi connectivity index (χ2n) is 5.03. The fraction of sp³-hybridized carbons (Fsp3) is 0.917. The summed E-state index contributed by atoms with van der Waals surface area (Å²) >= 11 is 0. The lowest BCUT2D eigenvalue weighted by Gasteiger charge is -2.24. The van der Waals surface area contributed by atoms with Gasteiger partial charge in [0, 0.05) is 19.5 Å². The van der Waals surface area contributed by atoms with Gasteiger partial charge in [-0.1, -0.05) is 13.8 Å². The Morgan fingerprint density at radius 1 is 1.27 bits per heavy atom. The molecule has 0 fully saturated rings. The van der Waals surface area contributed by atoms with Crippen LogP contribution in [0.4, 0.5) is 0 Å². The van der Waals surface area contributed by atoms with Crippen LogP contribution in [0.3, 0.4) is 0 Å². The van der Waals surface area contributed by atoms with Crippen molar-refractivity contribution in [3.05, 3.63) is 0 Å². The number of amides is 1. The summed E-state index contributed by atoms with van der Waals surface area (Å²) in [6.45, 7) is 8.99. The third-order valence-electron chi connectivity index (χ3n) is 2.77. The summed E-state index contributed by atoms with van der Waals surface area (Å²) in [6, 6.07) is 0.273. The molecule has 0 saturated heterocycles. The van der Waals surface area contributed by atoms with E-state index in [1.54, 1.807) is 4.90 Å². The Hall–Kier alpha value is -0.570. The fourth-order valence-corrected chi connectivity index (χ4v) is 1.61. The molecule has 1 amide bonds. The molecule has 0 spiro atoms. The van der Waals surface area contributed by atoms with E-state index >= 15 is 0 Å². The molecule has 1 atom stereocenters. The van der Waals surface area contributed by atoms with Crippen molar-refractivity contribution in [1.29, 1.82) is 0 Å². The van der Waals surface area contributed by atoms with Gasteiger partial charge < -0.3 is 10.6 Å². The number of carbonyl (C=O) groups excluding carboxylic acids is 1. The average molecular weight is 214 g/mol. The Bertz CT molecular complexity index is 190. The lowest BCUT2D eigenvalue weighted by atomic mass is 9.93. The van der Waals surface area contributed by atoms with Crippen LogP contribution < -0.4 is 5.73 Å². The monoisotopic (exact) mass is 214 g/mol. The molecule has 0 aromatic carbocycles. The molecule has 0 heterocycles. The molecule has 0 aromatic rings. The number of hydrogen-bond acceptors (Lipinski definition) is 2. The van der Waals surface area contributed by atoms with Crippen molar-refractivity contribution in [3.63, 3.8) is 0 Å². The van der Waals surface area contributed by atoms with Crippen molar-refractivity contribution in [2.75, 3.05) is 13.6 Å². The quantitative estimate of drug-likeness (QED) is 0.733. The molecule has 0 aromatic heterocycles. The molecule has 0 rings (SSSR count). The maximum atomic E-state index is 11.8. The van der Waals surface area contributed by atoms with Crippen molar-refractivity contribution >= 4 is 5.91 Å². The minimum Gasteiger partial charge on any atom is -0.343 e. The number of hydrogen-bond donors (Lipinski definition) is 1. The minimum atomic E-state index is 0.209. The maximum Gasteiger partial charge on any atom is 0.222 e. The summed E-state index contributed by atoms with van der Waals surface area (Å²) in [4.78, 5) is 13.6. The van der Waals surface area contributed by atoms with Gasteiger partial charge in [0.1, 0.15) is 0 Å². The zero-order valence-corrected chi connectivity index (χ0v) is 10.8. The summed E-state index contributed by atoms with van der Waals surface area (Å²) in [5.41, 5.74) is 5.67. The van der Waals surface area contributed by atoms with Gasteiger partial charge >= 0.3 is 0 Å². The van der Waals surface area contributed by atoms with Crippen LogP contribution in [0.1, 0.15) is 40.5 Å². The highest BCUT2D eigenvalue weighted by Gasteiger charge is 2.18. The third-order valence-corrected chi connectivity index (χ3v) is 2.77. The molecule has 0 aliphatic heterocycles. The summed E-state index contributed by atoms with van der Waals surface area (Å²) in [5.74, 6) is 1.15. The zero-order valence-electron chi connectivity index (χ0n) is 10.8. The van der Waals surface area contributed by atoms with E-state index in [1.807, 2.05) is 20.9 Å². The fourth-order valence-electron chi connectivity index (χ4n) is 1.61. The van der Waals surface area contributed by atoms with Crippen LogP contribution in [0.5, 0.6) is 0 Å². The first-order valence-electron chi connectivity index (χ1n) is 5.84. The number of rotatable bonds is 6. The Kier molecular flexibility index (Phi) is 6.57. The van der Waals surface area contributed by atoms with E-state index in [4.69, 9.17) is 5.73 Å². The summed E-state index contributed by atoms with van der Waals surface area (Å²) < 4.78 is 0. The molecule has 0 radical (unpaired) electrons. The van der Waals surface area contributed by atoms with Crippen LogP contribution in [0.2, 0.25) is 0 Å². The molecular formula is C12H26N2O. The predicted octanol–water partition coefficient (Wildman–Crippen LogP) is 1.86. The van der Waals surface area contributed by atoms with Crippen LogP contribution in [0, 0.1) is 11.8 Å². The van der Waals surface area contributed by atoms with Crippen molar-refractivity contribution < 1.29 is 4.79 Å². The van der Waals surface area contributed by atoms with E-state index in [9.17, 15) is 4.79 Å². The molecule has 15 heavy (non-hydrogen) atoms. The van der Waals surface area contributed by atoms with Crippen molar-refractivity contribution in [2.45, 2.75) is 46.6 Å². The lowest BCUT2D eigenvalue weighted by molar-refractivity contribution is -0.132. The molecule has 3 heteroatoms. The van der Waals surface area contributed by atoms with E-state index < -0.39 is 0 Å². The molecule has 2 N–H and O–H groups in total. The second-order valence-corrected chi connectivity index (χ2v) is 5.03. The van der Waals surface area contributed by atoms with E-state index in [2.05, 4.69) is 13.8 Å². The highest BCUT2D eigenvalue weighted by Crippen LogP contribution is 2.15. The van der Waals surface area contributed by atoms with Crippen LogP contribution in [0.15, 0.2) is 0 Å². The standard InChI is InChI=1S/C12H26N2O/c1-9(2)6-11(8-13)7-12(15)14(5)10(3)4/h9-11H,6-8,13H2,1-5H3. The first kappa shape index (κ1) is 14.4. The molecule has 3 nitrogen and oxygen atoms in total. The van der Waals surface area contributed by atoms with Gasteiger partial charge in [0.25, 0.3) is 0 Å². The van der Waals surface area contributed by atoms with Gasteiger partial charge in [0.15, 0.2) is 0 Å². The van der Waals surface area contributed by atoms with E-state index in [0.29, 0.717) is 24.8 Å². The van der Waals surface area contributed by atoms with Gasteiger partial charge in [-0.15, -0.1) is 0 Å². The molecule has 0 bridgehead atoms. The van der Waals surface area contributed by atoms with Crippen molar-refractivity contribution in [3.8, 4) is 0 Å². The van der Waals surface area contributed by atoms with Crippen LogP contribution in [-0.2, 0) is 4.79 Å². The summed E-state index contributed by atoms with van der Waals surface area (Å²) in [6.07, 6.45) is 1.62. The lowest BCUT2D eigenvalue weighted by Crippen LogP contribution is -2.35. The molecule has 0 aliphatic carbocycles. The van der Waals surface area contributed by atoms with Crippen molar-refractivity contribution in [2.24, 2.45) is 17.6 Å². The Labute approximate surface area is 94.0 Å². The highest BCUT2D eigenvalue weighted by molar-refractivity contribution is 5.76. The maximum absolute atomic E-state index is 11.8. The van der Waals surface area contributed by atoms with Crippen LogP contribution >= 0.6 is 0 Å². The summed E-state index contributed by atoms with van der Waals surface area (Å²) in [7, 11) is 1.86. The van der Waals surface area contributed by atoms with Gasteiger partial charge in [0.2, 0.25) is 5.91 Å². The van der Waals surface area contributed by atoms with Crippen LogP contribution in [-0.4, -0.2) is 30.4 Å². The molecule has 0 aliphatic rings. The third kappa shape index (κ3) is 5.78. The summed E-state index contributed by atoms with van der Waals surface area (Å²) in [5, 5.41) is 0. The van der Waals surface area contributed by atoms with E-state index in [0.717, 1.165) is 6.42 Å². The predicted molar refractivity (Wildman–Crippen MR) is 64.5 cm³/mol. The van der Waals surface area contributed by atoms with E-state index in [-0.39, 0.29) is 11.9 Å².